The first-order chi connectivity index (χ1) is 17.6. The van der Waals surface area contributed by atoms with Gasteiger partial charge in [0, 0.05) is 6.42 Å². The van der Waals surface area contributed by atoms with Gasteiger partial charge in [-0.05, 0) is 44.5 Å². The van der Waals surface area contributed by atoms with E-state index in [0.29, 0.717) is 11.2 Å². The predicted octanol–water partition coefficient (Wildman–Crippen LogP) is 2.84. The quantitative estimate of drug-likeness (QED) is 0.190. The number of aromatic nitrogens is 4. The molecule has 1 unspecified atom stereocenters. The van der Waals surface area contributed by atoms with Crippen molar-refractivity contribution < 1.29 is 33.0 Å². The van der Waals surface area contributed by atoms with Gasteiger partial charge in [0.2, 0.25) is 5.28 Å². The number of carbonyl (C=O) groups excluding carboxylic acids is 1. The molecule has 37 heavy (non-hydrogen) atoms. The van der Waals surface area contributed by atoms with E-state index in [1.54, 1.807) is 48.7 Å². The molecule has 1 aliphatic heterocycles. The van der Waals surface area contributed by atoms with Gasteiger partial charge >= 0.3 is 13.7 Å². The van der Waals surface area contributed by atoms with E-state index < -0.39 is 44.8 Å². The second-order valence-electron chi connectivity index (χ2n) is 8.63. The molecule has 1 aliphatic rings. The number of nitrogens with zero attached hydrogens (tertiary/aromatic N) is 4. The number of hydrogen-bond donors (Lipinski definition) is 3. The Hall–Kier alpha value is -2.80. The maximum atomic E-state index is 13.9. The summed E-state index contributed by atoms with van der Waals surface area (Å²) in [5.74, 6) is -0.277. The van der Waals surface area contributed by atoms with Crippen LogP contribution in [0.5, 0.6) is 5.75 Å². The third-order valence-electron chi connectivity index (χ3n) is 5.39. The Labute approximate surface area is 217 Å². The van der Waals surface area contributed by atoms with E-state index in [2.05, 4.69) is 20.0 Å². The lowest BCUT2D eigenvalue weighted by Gasteiger charge is -2.26. The number of fused-ring (bicyclic) bond motifs is 1. The smallest absolute Gasteiger partial charge is 0.459 e. The van der Waals surface area contributed by atoms with Gasteiger partial charge in [-0.2, -0.15) is 15.1 Å². The summed E-state index contributed by atoms with van der Waals surface area (Å²) in [7, 11) is -4.20. The van der Waals surface area contributed by atoms with Crippen molar-refractivity contribution in [2.45, 2.75) is 57.8 Å². The number of imidazole rings is 1. The second-order valence-corrected chi connectivity index (χ2v) is 10.6. The molecule has 13 nitrogen and oxygen atoms in total. The molecule has 0 aliphatic carbocycles. The number of aliphatic hydroxyl groups is 1. The molecule has 1 saturated heterocycles. The van der Waals surface area contributed by atoms with Gasteiger partial charge in [0.05, 0.1) is 19.0 Å². The Morgan fingerprint density at radius 2 is 2.05 bits per heavy atom. The van der Waals surface area contributed by atoms with E-state index in [-0.39, 0.29) is 29.4 Å². The number of nitrogen functional groups attached to an aromatic ring is 1. The number of nitrogens with two attached hydrogens (primary N) is 1. The first-order valence-electron chi connectivity index (χ1n) is 11.5. The van der Waals surface area contributed by atoms with Gasteiger partial charge in [-0.1, -0.05) is 18.2 Å². The van der Waals surface area contributed by atoms with Crippen LogP contribution in [-0.4, -0.2) is 61.6 Å². The molecule has 0 saturated carbocycles. The van der Waals surface area contributed by atoms with Crippen LogP contribution in [0.2, 0.25) is 5.28 Å². The Bertz CT molecular complexity index is 1290. The van der Waals surface area contributed by atoms with Crippen molar-refractivity contribution in [3.63, 3.8) is 0 Å². The number of rotatable bonds is 10. The predicted molar refractivity (Wildman–Crippen MR) is 134 cm³/mol. The van der Waals surface area contributed by atoms with Crippen LogP contribution in [0.25, 0.3) is 11.2 Å². The largest absolute Gasteiger partial charge is 0.462 e. The number of nitrogens with one attached hydrogen (secondary N) is 1. The van der Waals surface area contributed by atoms with Crippen LogP contribution in [0.3, 0.4) is 0 Å². The van der Waals surface area contributed by atoms with Gasteiger partial charge in [-0.3, -0.25) is 13.9 Å². The first kappa shape index (κ1) is 27.2. The van der Waals surface area contributed by atoms with E-state index >= 15 is 0 Å². The number of ether oxygens (including phenoxy) is 2. The third kappa shape index (κ3) is 6.38. The van der Waals surface area contributed by atoms with Crippen molar-refractivity contribution in [3.8, 4) is 5.75 Å². The van der Waals surface area contributed by atoms with Crippen LogP contribution >= 0.6 is 19.3 Å². The highest BCUT2D eigenvalue weighted by atomic mass is 35.5. The summed E-state index contributed by atoms with van der Waals surface area (Å²) in [6.07, 6.45) is -1.29. The van der Waals surface area contributed by atoms with Gasteiger partial charge in [0.1, 0.15) is 35.7 Å². The SMILES string of the molecule is CC(C)OC(=O)[C@H](C)NP(=O)(Oc1ccccc1)O[C@@H]1C[C@H](n2cnc3c(N)nc(Cl)nc32)O[C@@H]1CO. The minimum Gasteiger partial charge on any atom is -0.462 e. The number of hydrogen-bond acceptors (Lipinski definition) is 11. The van der Waals surface area contributed by atoms with Crippen LogP contribution in [0.1, 0.15) is 33.4 Å². The number of halogens is 1. The molecule has 1 aromatic carbocycles. The number of carbonyl (C=O) groups is 1. The van der Waals surface area contributed by atoms with E-state index in [1.165, 1.54) is 13.3 Å². The summed E-state index contributed by atoms with van der Waals surface area (Å²) in [6, 6.07) is 7.33. The zero-order valence-electron chi connectivity index (χ0n) is 20.4. The summed E-state index contributed by atoms with van der Waals surface area (Å²) in [4.78, 5) is 24.7. The Kier molecular flexibility index (Phi) is 8.32. The zero-order valence-corrected chi connectivity index (χ0v) is 22.0. The molecule has 15 heteroatoms. The van der Waals surface area contributed by atoms with Gasteiger partial charge < -0.3 is 24.8 Å². The van der Waals surface area contributed by atoms with E-state index in [9.17, 15) is 14.5 Å². The maximum Gasteiger partial charge on any atom is 0.459 e. The molecule has 3 heterocycles. The van der Waals surface area contributed by atoms with Gasteiger partial charge in [0.25, 0.3) is 0 Å². The topological polar surface area (TPSA) is 173 Å². The van der Waals surface area contributed by atoms with Crippen LogP contribution in [-0.2, 0) is 23.4 Å². The molecule has 0 amide bonds. The maximum absolute atomic E-state index is 13.9. The fraction of sp³-hybridized carbons (Fsp3) is 0.455. The van der Waals surface area contributed by atoms with Crippen molar-refractivity contribution in [1.29, 1.82) is 0 Å². The number of anilines is 1. The van der Waals surface area contributed by atoms with Gasteiger partial charge in [-0.25, -0.2) is 9.55 Å². The van der Waals surface area contributed by atoms with Gasteiger partial charge in [0.15, 0.2) is 11.5 Å². The molecule has 4 N–H and O–H groups in total. The highest BCUT2D eigenvalue weighted by Gasteiger charge is 2.44. The van der Waals surface area contributed by atoms with Crippen molar-refractivity contribution in [2.75, 3.05) is 12.3 Å². The monoisotopic (exact) mass is 554 g/mol. The number of aliphatic hydroxyl groups excluding tert-OH is 1. The molecular weight excluding hydrogens is 527 g/mol. The summed E-state index contributed by atoms with van der Waals surface area (Å²) in [5.41, 5.74) is 6.55. The summed E-state index contributed by atoms with van der Waals surface area (Å²) in [6.45, 7) is 4.45. The van der Waals surface area contributed by atoms with Crippen LogP contribution in [0.15, 0.2) is 36.7 Å². The number of para-hydroxylation sites is 1. The number of esters is 1. The molecule has 0 bridgehead atoms. The van der Waals surface area contributed by atoms with E-state index in [0.717, 1.165) is 0 Å². The summed E-state index contributed by atoms with van der Waals surface area (Å²) >= 11 is 5.97. The van der Waals surface area contributed by atoms with Gasteiger partial charge in [-0.15, -0.1) is 0 Å². The van der Waals surface area contributed by atoms with Crippen LogP contribution in [0, 0.1) is 0 Å². The zero-order chi connectivity index (χ0) is 26.7. The molecule has 0 spiro atoms. The standard InChI is InChI=1S/C22H28ClN6O7P/c1-12(2)33-21(31)13(3)28-37(32,35-14-7-5-4-6-8-14)36-15-9-17(34-16(15)10-30)29-11-25-18-19(24)26-22(23)27-20(18)29/h4-8,11-13,15-17,30H,9-10H2,1-3H3,(H,28,32)(H2,24,26,27)/t13-,15+,16+,17+,37?/m0/s1. The van der Waals surface area contributed by atoms with Crippen molar-refractivity contribution in [1.82, 2.24) is 24.6 Å². The lowest BCUT2D eigenvalue weighted by atomic mass is 10.2. The molecule has 2 aromatic heterocycles. The highest BCUT2D eigenvalue weighted by molar-refractivity contribution is 7.52. The highest BCUT2D eigenvalue weighted by Crippen LogP contribution is 2.49. The molecule has 5 atom stereocenters. The molecule has 0 radical (unpaired) electrons. The molecule has 4 rings (SSSR count). The van der Waals surface area contributed by atoms with E-state index in [4.69, 9.17) is 35.9 Å². The van der Waals surface area contributed by atoms with Crippen LogP contribution < -0.4 is 15.3 Å². The molecular formula is C22H28ClN6O7P. The Balaban J connectivity index is 1.58. The third-order valence-corrected chi connectivity index (χ3v) is 7.26. The van der Waals surface area contributed by atoms with E-state index in [1.807, 2.05) is 0 Å². The fourth-order valence-corrected chi connectivity index (χ4v) is 5.65. The molecule has 3 aromatic rings. The fourth-order valence-electron chi connectivity index (χ4n) is 3.77. The Morgan fingerprint density at radius 3 is 2.73 bits per heavy atom. The van der Waals surface area contributed by atoms with Crippen LogP contribution in [0.4, 0.5) is 5.82 Å². The molecule has 1 fully saturated rings. The lowest BCUT2D eigenvalue weighted by molar-refractivity contribution is -0.149. The minimum atomic E-state index is -4.20. The lowest BCUT2D eigenvalue weighted by Crippen LogP contribution is -2.38. The number of benzene rings is 1. The Morgan fingerprint density at radius 1 is 1.32 bits per heavy atom. The average molecular weight is 555 g/mol. The van der Waals surface area contributed by atoms with Crippen molar-refractivity contribution in [2.24, 2.45) is 0 Å². The van der Waals surface area contributed by atoms with Crippen molar-refractivity contribution in [3.05, 3.63) is 41.9 Å². The van der Waals surface area contributed by atoms with Crippen molar-refractivity contribution >= 4 is 42.3 Å². The second kappa shape index (κ2) is 11.3. The average Bonchev–Trinajstić information content (AvgIpc) is 3.42. The first-order valence-corrected chi connectivity index (χ1v) is 13.4. The molecule has 200 valence electrons. The summed E-state index contributed by atoms with van der Waals surface area (Å²) in [5, 5.41) is 12.6. The normalized spacial score (nSPS) is 22.2. The minimum absolute atomic E-state index is 0.0662. The summed E-state index contributed by atoms with van der Waals surface area (Å²) < 4.78 is 38.3.